The molecule has 0 saturated carbocycles. The van der Waals surface area contributed by atoms with Gasteiger partial charge in [-0.25, -0.2) is 15.0 Å². The van der Waals surface area contributed by atoms with E-state index in [9.17, 15) is 4.79 Å². The Morgan fingerprint density at radius 2 is 2.22 bits per heavy atom. The van der Waals surface area contributed by atoms with E-state index in [2.05, 4.69) is 15.0 Å². The molecule has 7 heteroatoms. The zero-order valence-electron chi connectivity index (χ0n) is 13.6. The molecule has 1 saturated heterocycles. The van der Waals surface area contributed by atoms with Gasteiger partial charge in [-0.2, -0.15) is 0 Å². The molecule has 2 aromatic heterocycles. The number of aromatic nitrogens is 3. The first-order valence-electron chi connectivity index (χ1n) is 7.65. The fourth-order valence-corrected chi connectivity index (χ4v) is 3.62. The second kappa shape index (κ2) is 6.72. The van der Waals surface area contributed by atoms with Crippen molar-refractivity contribution >= 4 is 17.2 Å². The second-order valence-electron chi connectivity index (χ2n) is 5.65. The Bertz CT molecular complexity index is 716. The summed E-state index contributed by atoms with van der Waals surface area (Å²) in [6, 6.07) is 1.85. The molecule has 1 fully saturated rings. The van der Waals surface area contributed by atoms with Crippen LogP contribution in [0.4, 0.5) is 0 Å². The normalized spacial score (nSPS) is 18.2. The number of nitrogens with zero attached hydrogens (tertiary/aromatic N) is 4. The Morgan fingerprint density at radius 3 is 2.91 bits per heavy atom. The van der Waals surface area contributed by atoms with Crippen molar-refractivity contribution in [2.24, 2.45) is 0 Å². The zero-order chi connectivity index (χ0) is 16.4. The number of hydrogen-bond donors (Lipinski definition) is 0. The molecule has 0 radical (unpaired) electrons. The highest BCUT2D eigenvalue weighted by molar-refractivity contribution is 7.11. The molecule has 1 aliphatic heterocycles. The molecule has 0 aliphatic carbocycles. The molecule has 2 aromatic rings. The lowest BCUT2D eigenvalue weighted by atomic mass is 10.1. The maximum atomic E-state index is 12.6. The van der Waals surface area contributed by atoms with Crippen molar-refractivity contribution < 1.29 is 9.53 Å². The van der Waals surface area contributed by atoms with Crippen LogP contribution < -0.4 is 0 Å². The Kier molecular flexibility index (Phi) is 4.68. The summed E-state index contributed by atoms with van der Waals surface area (Å²) < 4.78 is 5.78. The van der Waals surface area contributed by atoms with Gasteiger partial charge in [0.2, 0.25) is 5.91 Å². The van der Waals surface area contributed by atoms with Gasteiger partial charge in [-0.1, -0.05) is 0 Å². The van der Waals surface area contributed by atoms with Crippen molar-refractivity contribution in [1.29, 1.82) is 0 Å². The van der Waals surface area contributed by atoms with Gasteiger partial charge >= 0.3 is 0 Å². The van der Waals surface area contributed by atoms with Crippen molar-refractivity contribution in [2.75, 3.05) is 19.7 Å². The second-order valence-corrected chi connectivity index (χ2v) is 6.93. The number of carbonyl (C=O) groups is 1. The van der Waals surface area contributed by atoms with Crippen LogP contribution in [-0.4, -0.2) is 45.5 Å². The molecular formula is C16H20N4O2S. The molecule has 0 N–H and O–H groups in total. The maximum Gasteiger partial charge on any atom is 0.228 e. The van der Waals surface area contributed by atoms with Gasteiger partial charge in [0.05, 0.1) is 36.0 Å². The maximum absolute atomic E-state index is 12.6. The van der Waals surface area contributed by atoms with Crippen LogP contribution >= 0.6 is 11.3 Å². The van der Waals surface area contributed by atoms with Gasteiger partial charge in [0.15, 0.2) is 0 Å². The summed E-state index contributed by atoms with van der Waals surface area (Å²) >= 11 is 1.60. The first kappa shape index (κ1) is 16.0. The first-order valence-corrected chi connectivity index (χ1v) is 8.46. The zero-order valence-corrected chi connectivity index (χ0v) is 14.4. The molecular weight excluding hydrogens is 312 g/mol. The van der Waals surface area contributed by atoms with E-state index in [1.165, 1.54) is 0 Å². The minimum absolute atomic E-state index is 0.121. The van der Waals surface area contributed by atoms with E-state index in [0.29, 0.717) is 31.9 Å². The standard InChI is InChI=1S/C16H20N4O2S/c1-10-15(23-12(3)18-10)8-16(21)20-6-7-22-14(9-20)13-4-5-17-11(2)19-13/h4-5,14H,6-9H2,1-3H3/t14-/m0/s1. The molecule has 3 rings (SSSR count). The molecule has 3 heterocycles. The van der Waals surface area contributed by atoms with Crippen LogP contribution in [0.1, 0.15) is 33.2 Å². The van der Waals surface area contributed by atoms with E-state index < -0.39 is 0 Å². The summed E-state index contributed by atoms with van der Waals surface area (Å²) in [6.07, 6.45) is 1.96. The molecule has 122 valence electrons. The van der Waals surface area contributed by atoms with Gasteiger partial charge in [-0.3, -0.25) is 4.79 Å². The van der Waals surface area contributed by atoms with E-state index in [1.54, 1.807) is 17.5 Å². The summed E-state index contributed by atoms with van der Waals surface area (Å²) in [5.41, 5.74) is 1.79. The van der Waals surface area contributed by atoms with Gasteiger partial charge in [-0.15, -0.1) is 11.3 Å². The van der Waals surface area contributed by atoms with Gasteiger partial charge in [-0.05, 0) is 26.8 Å². The fourth-order valence-electron chi connectivity index (χ4n) is 2.70. The quantitative estimate of drug-likeness (QED) is 0.860. The van der Waals surface area contributed by atoms with Crippen LogP contribution in [-0.2, 0) is 16.0 Å². The van der Waals surface area contributed by atoms with E-state index in [-0.39, 0.29) is 12.0 Å². The highest BCUT2D eigenvalue weighted by Gasteiger charge is 2.27. The van der Waals surface area contributed by atoms with Crippen molar-refractivity contribution in [2.45, 2.75) is 33.3 Å². The van der Waals surface area contributed by atoms with Crippen molar-refractivity contribution in [3.63, 3.8) is 0 Å². The third kappa shape index (κ3) is 3.73. The van der Waals surface area contributed by atoms with Gasteiger partial charge < -0.3 is 9.64 Å². The summed E-state index contributed by atoms with van der Waals surface area (Å²) in [6.45, 7) is 7.46. The molecule has 23 heavy (non-hydrogen) atoms. The van der Waals surface area contributed by atoms with E-state index >= 15 is 0 Å². The van der Waals surface area contributed by atoms with Crippen molar-refractivity contribution in [3.05, 3.63) is 39.4 Å². The Balaban J connectivity index is 1.68. The molecule has 1 amide bonds. The number of morpholine rings is 1. The minimum atomic E-state index is -0.182. The van der Waals surface area contributed by atoms with Crippen LogP contribution in [0, 0.1) is 20.8 Å². The lowest BCUT2D eigenvalue weighted by Crippen LogP contribution is -2.43. The van der Waals surface area contributed by atoms with Crippen LogP contribution in [0.3, 0.4) is 0 Å². The molecule has 0 spiro atoms. The van der Waals surface area contributed by atoms with Crippen molar-refractivity contribution in [1.82, 2.24) is 19.9 Å². The number of amides is 1. The van der Waals surface area contributed by atoms with Gasteiger partial charge in [0.25, 0.3) is 0 Å². The average Bonchev–Trinajstić information content (AvgIpc) is 2.85. The number of ether oxygens (including phenoxy) is 1. The van der Waals surface area contributed by atoms with Crippen LogP contribution in [0.5, 0.6) is 0 Å². The van der Waals surface area contributed by atoms with Crippen LogP contribution in [0.15, 0.2) is 12.3 Å². The number of carbonyl (C=O) groups excluding carboxylic acids is 1. The van der Waals surface area contributed by atoms with Crippen LogP contribution in [0.25, 0.3) is 0 Å². The summed E-state index contributed by atoms with van der Waals surface area (Å²) in [5, 5.41) is 1.00. The van der Waals surface area contributed by atoms with Gasteiger partial charge in [0, 0.05) is 17.6 Å². The average molecular weight is 332 g/mol. The molecule has 1 atom stereocenters. The summed E-state index contributed by atoms with van der Waals surface area (Å²) in [5.74, 6) is 0.834. The number of aryl methyl sites for hydroxylation is 3. The molecule has 0 aromatic carbocycles. The smallest absolute Gasteiger partial charge is 0.228 e. The molecule has 1 aliphatic rings. The Hall–Kier alpha value is -1.86. The highest BCUT2D eigenvalue weighted by atomic mass is 32.1. The Labute approximate surface area is 139 Å². The lowest BCUT2D eigenvalue weighted by Gasteiger charge is -2.32. The minimum Gasteiger partial charge on any atom is -0.368 e. The lowest BCUT2D eigenvalue weighted by molar-refractivity contribution is -0.138. The number of rotatable bonds is 3. The predicted molar refractivity (Wildman–Crippen MR) is 87.3 cm³/mol. The largest absolute Gasteiger partial charge is 0.368 e. The van der Waals surface area contributed by atoms with Crippen LogP contribution in [0.2, 0.25) is 0 Å². The molecule has 0 bridgehead atoms. The summed E-state index contributed by atoms with van der Waals surface area (Å²) in [7, 11) is 0. The van der Waals surface area contributed by atoms with E-state index in [1.807, 2.05) is 31.7 Å². The fraction of sp³-hybridized carbons (Fsp3) is 0.500. The summed E-state index contributed by atoms with van der Waals surface area (Å²) in [4.78, 5) is 28.4. The SMILES string of the molecule is Cc1nccc([C@@H]2CN(C(=O)Cc3sc(C)nc3C)CCO2)n1. The number of thiazole rings is 1. The van der Waals surface area contributed by atoms with E-state index in [4.69, 9.17) is 4.74 Å². The van der Waals surface area contributed by atoms with Crippen molar-refractivity contribution in [3.8, 4) is 0 Å². The Morgan fingerprint density at radius 1 is 1.39 bits per heavy atom. The first-order chi connectivity index (χ1) is 11.0. The monoisotopic (exact) mass is 332 g/mol. The topological polar surface area (TPSA) is 68.2 Å². The third-order valence-electron chi connectivity index (χ3n) is 3.86. The molecule has 6 nitrogen and oxygen atoms in total. The predicted octanol–water partition coefficient (Wildman–Crippen LogP) is 2.00. The highest BCUT2D eigenvalue weighted by Crippen LogP contribution is 2.23. The van der Waals surface area contributed by atoms with E-state index in [0.717, 1.165) is 21.3 Å². The molecule has 0 unspecified atom stereocenters. The van der Waals surface area contributed by atoms with Gasteiger partial charge in [0.1, 0.15) is 11.9 Å². The third-order valence-corrected chi connectivity index (χ3v) is 4.93. The number of hydrogen-bond acceptors (Lipinski definition) is 6.